The second-order valence-corrected chi connectivity index (χ2v) is 4.64. The van der Waals surface area contributed by atoms with E-state index in [-0.39, 0.29) is 5.91 Å². The molecule has 2 rings (SSSR count). The number of nitrogens with zero attached hydrogens (tertiary/aromatic N) is 2. The van der Waals surface area contributed by atoms with Gasteiger partial charge in [-0.1, -0.05) is 17.7 Å². The molecule has 0 saturated heterocycles. The fraction of sp³-hybridized carbons (Fsp3) is 0.333. The Bertz CT molecular complexity index is 570. The van der Waals surface area contributed by atoms with Crippen LogP contribution in [0.25, 0.3) is 0 Å². The zero-order chi connectivity index (χ0) is 13.8. The molecular weight excluding hydrogens is 240 g/mol. The Morgan fingerprint density at radius 1 is 1.21 bits per heavy atom. The SMILES string of the molecule is Cc1ccc(OCCC(=O)n2nc(C)cc2C)cc1. The van der Waals surface area contributed by atoms with E-state index in [1.165, 1.54) is 10.2 Å². The van der Waals surface area contributed by atoms with Crippen molar-refractivity contribution in [1.29, 1.82) is 0 Å². The lowest BCUT2D eigenvalue weighted by atomic mass is 10.2. The molecular formula is C15H18N2O2. The number of hydrogen-bond acceptors (Lipinski definition) is 3. The molecule has 4 nitrogen and oxygen atoms in total. The topological polar surface area (TPSA) is 44.1 Å². The molecule has 0 aliphatic rings. The minimum Gasteiger partial charge on any atom is -0.493 e. The molecule has 0 spiro atoms. The molecule has 0 bridgehead atoms. The third-order valence-electron chi connectivity index (χ3n) is 2.85. The van der Waals surface area contributed by atoms with Crippen LogP contribution < -0.4 is 4.74 Å². The largest absolute Gasteiger partial charge is 0.493 e. The van der Waals surface area contributed by atoms with Crippen LogP contribution in [-0.2, 0) is 0 Å². The first kappa shape index (κ1) is 13.3. The maximum Gasteiger partial charge on any atom is 0.250 e. The fourth-order valence-corrected chi connectivity index (χ4v) is 1.88. The second-order valence-electron chi connectivity index (χ2n) is 4.64. The molecule has 0 aliphatic heterocycles. The Morgan fingerprint density at radius 2 is 1.89 bits per heavy atom. The molecule has 1 aromatic heterocycles. The van der Waals surface area contributed by atoms with Gasteiger partial charge in [0.1, 0.15) is 5.75 Å². The molecule has 0 atom stereocenters. The molecule has 19 heavy (non-hydrogen) atoms. The first-order chi connectivity index (χ1) is 9.06. The van der Waals surface area contributed by atoms with Crippen LogP contribution in [-0.4, -0.2) is 22.3 Å². The molecule has 4 heteroatoms. The van der Waals surface area contributed by atoms with Gasteiger partial charge in [0, 0.05) is 5.69 Å². The minimum atomic E-state index is -0.0438. The zero-order valence-electron chi connectivity index (χ0n) is 11.5. The molecule has 2 aromatic rings. The summed E-state index contributed by atoms with van der Waals surface area (Å²) in [5.74, 6) is 0.740. The van der Waals surface area contributed by atoms with E-state index in [9.17, 15) is 4.79 Å². The van der Waals surface area contributed by atoms with Crippen molar-refractivity contribution in [1.82, 2.24) is 9.78 Å². The molecule has 0 N–H and O–H groups in total. The number of rotatable bonds is 4. The highest BCUT2D eigenvalue weighted by atomic mass is 16.5. The molecule has 0 amide bonds. The van der Waals surface area contributed by atoms with Gasteiger partial charge in [0.15, 0.2) is 0 Å². The van der Waals surface area contributed by atoms with E-state index in [1.807, 2.05) is 51.1 Å². The Kier molecular flexibility index (Phi) is 4.00. The highest BCUT2D eigenvalue weighted by Crippen LogP contribution is 2.12. The Labute approximate surface area is 113 Å². The second kappa shape index (κ2) is 5.69. The summed E-state index contributed by atoms with van der Waals surface area (Å²) in [5, 5.41) is 4.16. The van der Waals surface area contributed by atoms with Gasteiger partial charge in [-0.15, -0.1) is 0 Å². The van der Waals surface area contributed by atoms with E-state index in [0.717, 1.165) is 17.1 Å². The average Bonchev–Trinajstić information content (AvgIpc) is 2.71. The molecule has 0 unspecified atom stereocenters. The van der Waals surface area contributed by atoms with Gasteiger partial charge in [-0.3, -0.25) is 4.79 Å². The van der Waals surface area contributed by atoms with Crippen molar-refractivity contribution >= 4 is 5.91 Å². The molecule has 0 saturated carbocycles. The van der Waals surface area contributed by atoms with E-state index in [2.05, 4.69) is 5.10 Å². The lowest BCUT2D eigenvalue weighted by Crippen LogP contribution is -2.17. The molecule has 100 valence electrons. The predicted molar refractivity (Wildman–Crippen MR) is 73.6 cm³/mol. The van der Waals surface area contributed by atoms with E-state index >= 15 is 0 Å². The normalized spacial score (nSPS) is 10.5. The summed E-state index contributed by atoms with van der Waals surface area (Å²) in [6.07, 6.45) is 0.315. The maximum atomic E-state index is 11.9. The van der Waals surface area contributed by atoms with Crippen LogP contribution in [0.5, 0.6) is 5.75 Å². The number of benzene rings is 1. The van der Waals surface area contributed by atoms with Crippen LogP contribution in [0, 0.1) is 20.8 Å². The lowest BCUT2D eigenvalue weighted by Gasteiger charge is -2.06. The van der Waals surface area contributed by atoms with Crippen LogP contribution in [0.3, 0.4) is 0 Å². The van der Waals surface area contributed by atoms with Crippen LogP contribution in [0.15, 0.2) is 30.3 Å². The summed E-state index contributed by atoms with van der Waals surface area (Å²) >= 11 is 0. The first-order valence-electron chi connectivity index (χ1n) is 6.32. The summed E-state index contributed by atoms with van der Waals surface area (Å²) in [7, 11) is 0. The summed E-state index contributed by atoms with van der Waals surface area (Å²) in [5.41, 5.74) is 2.90. The highest BCUT2D eigenvalue weighted by molar-refractivity contribution is 5.78. The maximum absolute atomic E-state index is 11.9. The lowest BCUT2D eigenvalue weighted by molar-refractivity contribution is 0.0862. The van der Waals surface area contributed by atoms with Gasteiger partial charge in [0.05, 0.1) is 18.7 Å². The Hall–Kier alpha value is -2.10. The van der Waals surface area contributed by atoms with Crippen molar-refractivity contribution in [2.45, 2.75) is 27.2 Å². The third-order valence-corrected chi connectivity index (χ3v) is 2.85. The number of carbonyl (C=O) groups excluding carboxylic acids is 1. The molecule has 0 aliphatic carbocycles. The smallest absolute Gasteiger partial charge is 0.250 e. The Balaban J connectivity index is 1.87. The summed E-state index contributed by atoms with van der Waals surface area (Å²) in [6.45, 7) is 6.13. The first-order valence-corrected chi connectivity index (χ1v) is 6.32. The number of carbonyl (C=O) groups is 1. The van der Waals surface area contributed by atoms with Crippen LogP contribution in [0.1, 0.15) is 28.2 Å². The van der Waals surface area contributed by atoms with Gasteiger partial charge in [-0.25, -0.2) is 4.68 Å². The van der Waals surface area contributed by atoms with Gasteiger partial charge in [0.2, 0.25) is 0 Å². The molecule has 0 fully saturated rings. The van der Waals surface area contributed by atoms with Crippen LogP contribution >= 0.6 is 0 Å². The summed E-state index contributed by atoms with van der Waals surface area (Å²) < 4.78 is 6.98. The van der Waals surface area contributed by atoms with Crippen LogP contribution in [0.2, 0.25) is 0 Å². The number of ether oxygens (including phenoxy) is 1. The number of aryl methyl sites for hydroxylation is 3. The van der Waals surface area contributed by atoms with E-state index in [1.54, 1.807) is 0 Å². The van der Waals surface area contributed by atoms with Crippen molar-refractivity contribution in [2.75, 3.05) is 6.61 Å². The Morgan fingerprint density at radius 3 is 2.47 bits per heavy atom. The number of aromatic nitrogens is 2. The van der Waals surface area contributed by atoms with Crippen molar-refractivity contribution in [2.24, 2.45) is 0 Å². The van der Waals surface area contributed by atoms with E-state index in [4.69, 9.17) is 4.74 Å². The quantitative estimate of drug-likeness (QED) is 0.847. The van der Waals surface area contributed by atoms with Crippen molar-refractivity contribution in [3.8, 4) is 5.75 Å². The third kappa shape index (κ3) is 3.44. The summed E-state index contributed by atoms with van der Waals surface area (Å²) in [4.78, 5) is 11.9. The standard InChI is InChI=1S/C15H18N2O2/c1-11-4-6-14(7-5-11)19-9-8-15(18)17-13(3)10-12(2)16-17/h4-7,10H,8-9H2,1-3H3. The van der Waals surface area contributed by atoms with E-state index < -0.39 is 0 Å². The number of hydrogen-bond donors (Lipinski definition) is 0. The monoisotopic (exact) mass is 258 g/mol. The highest BCUT2D eigenvalue weighted by Gasteiger charge is 2.09. The zero-order valence-corrected chi connectivity index (χ0v) is 11.5. The molecule has 0 radical (unpaired) electrons. The van der Waals surface area contributed by atoms with Crippen molar-refractivity contribution < 1.29 is 9.53 Å². The van der Waals surface area contributed by atoms with Crippen molar-refractivity contribution in [3.63, 3.8) is 0 Å². The van der Waals surface area contributed by atoms with Gasteiger partial charge in [-0.2, -0.15) is 5.10 Å². The van der Waals surface area contributed by atoms with Gasteiger partial charge in [-0.05, 0) is 39.0 Å². The van der Waals surface area contributed by atoms with Gasteiger partial charge >= 0.3 is 0 Å². The average molecular weight is 258 g/mol. The van der Waals surface area contributed by atoms with Crippen LogP contribution in [0.4, 0.5) is 0 Å². The minimum absolute atomic E-state index is 0.0438. The van der Waals surface area contributed by atoms with Crippen molar-refractivity contribution in [3.05, 3.63) is 47.3 Å². The van der Waals surface area contributed by atoms with Gasteiger partial charge in [0.25, 0.3) is 5.91 Å². The summed E-state index contributed by atoms with van der Waals surface area (Å²) in [6, 6.07) is 9.67. The molecule has 1 heterocycles. The van der Waals surface area contributed by atoms with E-state index in [0.29, 0.717) is 13.0 Å². The predicted octanol–water partition coefficient (Wildman–Crippen LogP) is 2.92. The molecule has 1 aromatic carbocycles. The fourth-order valence-electron chi connectivity index (χ4n) is 1.88. The van der Waals surface area contributed by atoms with Gasteiger partial charge < -0.3 is 4.74 Å².